The van der Waals surface area contributed by atoms with Crippen LogP contribution in [0.4, 0.5) is 19.0 Å². The summed E-state index contributed by atoms with van der Waals surface area (Å²) in [4.78, 5) is 18.7. The van der Waals surface area contributed by atoms with Crippen LogP contribution in [0, 0.1) is 17.0 Å². The maximum atomic E-state index is 16.9. The van der Waals surface area contributed by atoms with Gasteiger partial charge in [-0.1, -0.05) is 31.2 Å². The normalized spacial score (nSPS) is 22.8. The van der Waals surface area contributed by atoms with Crippen molar-refractivity contribution in [2.45, 2.75) is 64.0 Å². The third-order valence-corrected chi connectivity index (χ3v) is 10.5. The Morgan fingerprint density at radius 1 is 1.09 bits per heavy atom. The van der Waals surface area contributed by atoms with Crippen molar-refractivity contribution in [1.82, 2.24) is 25.2 Å². The van der Waals surface area contributed by atoms with Crippen LogP contribution in [0.15, 0.2) is 48.4 Å². The molecule has 4 fully saturated rings. The summed E-state index contributed by atoms with van der Waals surface area (Å²) in [6, 6.07) is 7.22. The standard InChI is InChI=1S/C36H39F3N6O/c1-2-26-29(38)9-6-23-4-3-5-27(30(23)26)32-31(39)33-28(17-40-32)34(45-18-24-7-8-25(19-45)41-24)43-35(42-33)46-21-36(12-13-36)20-44-14-10-22(16-37)11-15-44/h3-6,9,16-17,24-25,41H,2,7-8,10-15,18-21H2,1H3/t24-,25+/i3D. The molecule has 7 nitrogen and oxygen atoms in total. The molecule has 4 aromatic rings. The average Bonchev–Trinajstić information content (AvgIpc) is 3.77. The van der Waals surface area contributed by atoms with Crippen LogP contribution >= 0.6 is 0 Å². The molecule has 0 spiro atoms. The summed E-state index contributed by atoms with van der Waals surface area (Å²) in [6.07, 6.45) is 8.47. The number of nitrogens with zero attached hydrogens (tertiary/aromatic N) is 5. The first-order valence-corrected chi connectivity index (χ1v) is 16.6. The second-order valence-electron chi connectivity index (χ2n) is 13.6. The van der Waals surface area contributed by atoms with Gasteiger partial charge < -0.3 is 19.9 Å². The first kappa shape index (κ1) is 28.5. The highest BCUT2D eigenvalue weighted by Crippen LogP contribution is 2.47. The molecule has 2 bridgehead atoms. The van der Waals surface area contributed by atoms with Crippen LogP contribution in [-0.2, 0) is 6.42 Å². The van der Waals surface area contributed by atoms with Crippen LogP contribution in [0.3, 0.4) is 0 Å². The minimum Gasteiger partial charge on any atom is -0.463 e. The Balaban J connectivity index is 1.18. The highest BCUT2D eigenvalue weighted by atomic mass is 19.1. The molecule has 0 radical (unpaired) electrons. The van der Waals surface area contributed by atoms with Crippen molar-refractivity contribution < 1.29 is 19.3 Å². The molecule has 46 heavy (non-hydrogen) atoms. The Kier molecular flexibility index (Phi) is 7.30. The molecule has 1 aliphatic carbocycles. The summed E-state index contributed by atoms with van der Waals surface area (Å²) < 4.78 is 59.6. The van der Waals surface area contributed by atoms with Crippen LogP contribution < -0.4 is 15.0 Å². The number of pyridine rings is 1. The molecule has 5 heterocycles. The lowest BCUT2D eigenvalue weighted by molar-refractivity contribution is 0.148. The van der Waals surface area contributed by atoms with Gasteiger partial charge in [0.1, 0.15) is 22.8 Å². The fourth-order valence-electron chi connectivity index (χ4n) is 7.71. The van der Waals surface area contributed by atoms with Gasteiger partial charge in [0.25, 0.3) is 0 Å². The van der Waals surface area contributed by atoms with Crippen LogP contribution in [0.2, 0.25) is 0 Å². The summed E-state index contributed by atoms with van der Waals surface area (Å²) in [5.41, 5.74) is 1.80. The van der Waals surface area contributed by atoms with Crippen molar-refractivity contribution in [2.24, 2.45) is 5.41 Å². The number of likely N-dealkylation sites (tertiary alicyclic amines) is 1. The summed E-state index contributed by atoms with van der Waals surface area (Å²) in [6.45, 7) is 6.28. The molecule has 3 saturated heterocycles. The molecule has 240 valence electrons. The van der Waals surface area contributed by atoms with Crippen LogP contribution in [-0.4, -0.2) is 71.3 Å². The molecule has 1 N–H and O–H groups in total. The first-order valence-electron chi connectivity index (χ1n) is 17.1. The van der Waals surface area contributed by atoms with Gasteiger partial charge in [-0.05, 0) is 72.9 Å². The fraction of sp³-hybridized carbons (Fsp3) is 0.472. The zero-order valence-corrected chi connectivity index (χ0v) is 26.1. The van der Waals surface area contributed by atoms with Crippen LogP contribution in [0.5, 0.6) is 6.01 Å². The van der Waals surface area contributed by atoms with Gasteiger partial charge in [-0.3, -0.25) is 4.98 Å². The summed E-state index contributed by atoms with van der Waals surface area (Å²) >= 11 is 0. The maximum Gasteiger partial charge on any atom is 0.319 e. The number of hydrogen-bond donors (Lipinski definition) is 1. The number of hydrogen-bond acceptors (Lipinski definition) is 7. The highest BCUT2D eigenvalue weighted by molar-refractivity contribution is 6.00. The largest absolute Gasteiger partial charge is 0.463 e. The molecule has 10 heteroatoms. The number of ether oxygens (including phenoxy) is 1. The number of aromatic nitrogens is 3. The Morgan fingerprint density at radius 2 is 1.87 bits per heavy atom. The Hall–Kier alpha value is -3.76. The van der Waals surface area contributed by atoms with E-state index < -0.39 is 5.82 Å². The number of anilines is 1. The molecular weight excluding hydrogens is 589 g/mol. The lowest BCUT2D eigenvalue weighted by Gasteiger charge is -2.34. The van der Waals surface area contributed by atoms with Gasteiger partial charge in [0.2, 0.25) is 0 Å². The van der Waals surface area contributed by atoms with Crippen LogP contribution in [0.25, 0.3) is 32.9 Å². The van der Waals surface area contributed by atoms with E-state index in [2.05, 4.69) is 25.1 Å². The molecule has 2 aromatic carbocycles. The van der Waals surface area contributed by atoms with Gasteiger partial charge in [0, 0.05) is 62.0 Å². The van der Waals surface area contributed by atoms with E-state index in [1.54, 1.807) is 24.4 Å². The van der Waals surface area contributed by atoms with Gasteiger partial charge in [-0.15, -0.1) is 0 Å². The minimum atomic E-state index is -0.640. The minimum absolute atomic E-state index is 0.0262. The van der Waals surface area contributed by atoms with Crippen molar-refractivity contribution in [3.05, 3.63) is 65.6 Å². The van der Waals surface area contributed by atoms with Crippen molar-refractivity contribution in [3.63, 3.8) is 0 Å². The molecule has 2 atom stereocenters. The number of piperidine rings is 1. The third-order valence-electron chi connectivity index (χ3n) is 10.5. The first-order chi connectivity index (χ1) is 22.8. The third kappa shape index (κ3) is 5.39. The van der Waals surface area contributed by atoms with Gasteiger partial charge >= 0.3 is 6.01 Å². The maximum absolute atomic E-state index is 16.9. The summed E-state index contributed by atoms with van der Waals surface area (Å²) in [5.74, 6) is -0.405. The van der Waals surface area contributed by atoms with E-state index in [1.165, 1.54) is 6.07 Å². The number of rotatable bonds is 8. The number of piperazine rings is 1. The van der Waals surface area contributed by atoms with Crippen molar-refractivity contribution in [1.29, 1.82) is 0 Å². The predicted molar refractivity (Wildman–Crippen MR) is 174 cm³/mol. The molecule has 0 unspecified atom stereocenters. The number of nitrogens with one attached hydrogen (secondary N) is 1. The van der Waals surface area contributed by atoms with Crippen molar-refractivity contribution in [2.75, 3.05) is 44.2 Å². The molecule has 4 aliphatic rings. The Morgan fingerprint density at radius 3 is 2.59 bits per heavy atom. The topological polar surface area (TPSA) is 66.4 Å². The van der Waals surface area contributed by atoms with Crippen molar-refractivity contribution >= 4 is 27.5 Å². The fourth-order valence-corrected chi connectivity index (χ4v) is 7.71. The molecule has 8 rings (SSSR count). The second-order valence-corrected chi connectivity index (χ2v) is 13.6. The quantitative estimate of drug-likeness (QED) is 0.232. The highest BCUT2D eigenvalue weighted by Gasteiger charge is 2.45. The van der Waals surface area contributed by atoms with E-state index in [4.69, 9.17) is 11.1 Å². The van der Waals surface area contributed by atoms with E-state index >= 15 is 4.39 Å². The number of benzene rings is 2. The van der Waals surface area contributed by atoms with Gasteiger partial charge in [0.05, 0.1) is 19.7 Å². The lowest BCUT2D eigenvalue weighted by Crippen LogP contribution is -2.51. The monoisotopic (exact) mass is 629 g/mol. The number of aryl methyl sites for hydroxylation is 1. The Labute approximate surface area is 268 Å². The van der Waals surface area contributed by atoms with E-state index in [-0.39, 0.29) is 34.5 Å². The molecule has 1 saturated carbocycles. The van der Waals surface area contributed by atoms with E-state index in [1.807, 2.05) is 6.92 Å². The smallest absolute Gasteiger partial charge is 0.319 e. The zero-order chi connectivity index (χ0) is 32.3. The van der Waals surface area contributed by atoms with E-state index in [0.717, 1.165) is 83.2 Å². The average molecular weight is 630 g/mol. The van der Waals surface area contributed by atoms with E-state index in [9.17, 15) is 8.78 Å². The molecule has 2 aromatic heterocycles. The number of fused-ring (bicyclic) bond motifs is 4. The van der Waals surface area contributed by atoms with Gasteiger partial charge in [-0.25, -0.2) is 13.2 Å². The number of halogens is 3. The summed E-state index contributed by atoms with van der Waals surface area (Å²) in [7, 11) is 0. The van der Waals surface area contributed by atoms with Gasteiger partial charge in [-0.2, -0.15) is 9.97 Å². The van der Waals surface area contributed by atoms with Gasteiger partial charge in [0.15, 0.2) is 5.82 Å². The van der Waals surface area contributed by atoms with Crippen molar-refractivity contribution in [3.8, 4) is 17.3 Å². The lowest BCUT2D eigenvalue weighted by atomic mass is 9.95. The molecular formula is C36H39F3N6O. The van der Waals surface area contributed by atoms with E-state index in [0.29, 0.717) is 58.2 Å². The molecule has 3 aliphatic heterocycles. The predicted octanol–water partition coefficient (Wildman–Crippen LogP) is 6.73. The Bertz CT molecular complexity index is 1880. The SMILES string of the molecule is [2H]c1cc(-c2ncc3c(N4C[C@H]5CC[C@@H](C4)N5)nc(OCC4(CN5CCC(=CF)CC5)CC4)nc3c2F)c2c(CC)c(F)ccc2c1. The second kappa shape index (κ2) is 11.8. The molecule has 0 amide bonds. The zero-order valence-electron chi connectivity index (χ0n) is 27.1. The summed E-state index contributed by atoms with van der Waals surface area (Å²) in [5, 5.41) is 5.37. The van der Waals surface area contributed by atoms with Crippen LogP contribution in [0.1, 0.15) is 52.4 Å².